The van der Waals surface area contributed by atoms with Gasteiger partial charge in [0.05, 0.1) is 24.7 Å². The predicted molar refractivity (Wildman–Crippen MR) is 111 cm³/mol. The summed E-state index contributed by atoms with van der Waals surface area (Å²) in [5, 5.41) is 14.5. The molecule has 1 saturated heterocycles. The second-order valence-electron chi connectivity index (χ2n) is 7.01. The average Bonchev–Trinajstić information content (AvgIpc) is 2.76. The van der Waals surface area contributed by atoms with E-state index < -0.39 is 17.0 Å². The van der Waals surface area contributed by atoms with Crippen LogP contribution in [0.3, 0.4) is 0 Å². The number of esters is 1. The Hall–Kier alpha value is -3.82. The number of amides is 1. The van der Waals surface area contributed by atoms with Gasteiger partial charge in [0.1, 0.15) is 12.4 Å². The van der Waals surface area contributed by atoms with Gasteiger partial charge in [-0.1, -0.05) is 30.3 Å². The third-order valence-corrected chi connectivity index (χ3v) is 4.91. The van der Waals surface area contributed by atoms with E-state index in [1.54, 1.807) is 4.90 Å². The summed E-state index contributed by atoms with van der Waals surface area (Å²) in [6.07, 6.45) is -0.397. The quantitative estimate of drug-likeness (QED) is 0.386. The molecule has 0 saturated carbocycles. The van der Waals surface area contributed by atoms with Gasteiger partial charge in [0.2, 0.25) is 0 Å². The molecule has 0 bridgehead atoms. The molecule has 1 N–H and O–H groups in total. The molecule has 31 heavy (non-hydrogen) atoms. The van der Waals surface area contributed by atoms with Gasteiger partial charge in [-0.25, -0.2) is 9.59 Å². The molecule has 10 nitrogen and oxygen atoms in total. The Kier molecular flexibility index (Phi) is 6.91. The Balaban J connectivity index is 1.56. The number of benzene rings is 2. The van der Waals surface area contributed by atoms with E-state index in [0.29, 0.717) is 19.6 Å². The topological polar surface area (TPSA) is 120 Å². The number of carbonyl (C=O) groups is 2. The number of nitro benzene ring substituents is 1. The van der Waals surface area contributed by atoms with E-state index in [1.165, 1.54) is 20.3 Å². The fraction of sp³-hybridized carbons (Fsp3) is 0.333. The van der Waals surface area contributed by atoms with Crippen LogP contribution >= 0.6 is 0 Å². The predicted octanol–water partition coefficient (Wildman–Crippen LogP) is 3.07. The van der Waals surface area contributed by atoms with Gasteiger partial charge in [0.25, 0.3) is 5.69 Å². The molecule has 2 aromatic carbocycles. The maximum absolute atomic E-state index is 12.1. The second-order valence-corrected chi connectivity index (χ2v) is 7.01. The first-order chi connectivity index (χ1) is 14.9. The van der Waals surface area contributed by atoms with Crippen LogP contribution in [0.15, 0.2) is 42.5 Å². The normalized spacial score (nSPS) is 13.2. The lowest BCUT2D eigenvalue weighted by molar-refractivity contribution is -0.384. The maximum atomic E-state index is 12.1. The molecular weight excluding hydrogens is 406 g/mol. The van der Waals surface area contributed by atoms with Gasteiger partial charge in [-0.2, -0.15) is 0 Å². The third kappa shape index (κ3) is 5.21. The highest BCUT2D eigenvalue weighted by molar-refractivity contribution is 5.93. The minimum Gasteiger partial charge on any atom is -0.494 e. The number of hydrogen-bond acceptors (Lipinski definition) is 8. The second kappa shape index (κ2) is 9.79. The molecule has 2 aromatic rings. The number of methoxy groups -OCH3 is 2. The van der Waals surface area contributed by atoms with Crippen LogP contribution in [-0.4, -0.2) is 55.7 Å². The van der Waals surface area contributed by atoms with E-state index in [9.17, 15) is 19.7 Å². The van der Waals surface area contributed by atoms with E-state index in [1.807, 2.05) is 30.3 Å². The van der Waals surface area contributed by atoms with Crippen molar-refractivity contribution in [2.24, 2.45) is 5.92 Å². The lowest BCUT2D eigenvalue weighted by atomic mass is 10.0. The molecule has 1 aliphatic heterocycles. The Morgan fingerprint density at radius 2 is 1.90 bits per heavy atom. The van der Waals surface area contributed by atoms with Gasteiger partial charge in [-0.15, -0.1) is 0 Å². The van der Waals surface area contributed by atoms with Crippen molar-refractivity contribution >= 4 is 23.4 Å². The number of ether oxygens (including phenoxy) is 3. The lowest BCUT2D eigenvalue weighted by Crippen LogP contribution is -2.52. The highest BCUT2D eigenvalue weighted by Gasteiger charge is 2.32. The molecule has 164 valence electrons. The fourth-order valence-corrected chi connectivity index (χ4v) is 3.22. The molecule has 0 unspecified atom stereocenters. The minimum atomic E-state index is -0.698. The largest absolute Gasteiger partial charge is 0.494 e. The van der Waals surface area contributed by atoms with Crippen molar-refractivity contribution in [1.29, 1.82) is 0 Å². The smallest absolute Gasteiger partial charge is 0.410 e. The molecule has 0 aliphatic carbocycles. The van der Waals surface area contributed by atoms with Crippen LogP contribution in [0.1, 0.15) is 15.9 Å². The summed E-state index contributed by atoms with van der Waals surface area (Å²) in [6, 6.07) is 11.9. The van der Waals surface area contributed by atoms with Gasteiger partial charge < -0.3 is 24.4 Å². The number of carbonyl (C=O) groups excluding carboxylic acids is 2. The molecule has 0 spiro atoms. The highest BCUT2D eigenvalue weighted by atomic mass is 16.6. The molecule has 0 radical (unpaired) electrons. The van der Waals surface area contributed by atoms with Gasteiger partial charge >= 0.3 is 12.1 Å². The molecule has 0 atom stereocenters. The number of nitrogens with one attached hydrogen (secondary N) is 1. The number of rotatable bonds is 8. The SMILES string of the molecule is COC(=O)c1cc(OC)c(NCC2CN(C(=O)OCc3ccccc3)C2)c([N+](=O)[O-])c1. The van der Waals surface area contributed by atoms with Crippen LogP contribution < -0.4 is 10.1 Å². The highest BCUT2D eigenvalue weighted by Crippen LogP contribution is 2.36. The summed E-state index contributed by atoms with van der Waals surface area (Å²) in [5.41, 5.74) is 0.806. The monoisotopic (exact) mass is 429 g/mol. The van der Waals surface area contributed by atoms with Crippen molar-refractivity contribution in [2.45, 2.75) is 6.61 Å². The molecule has 1 heterocycles. The first-order valence-electron chi connectivity index (χ1n) is 9.57. The average molecular weight is 429 g/mol. The van der Waals surface area contributed by atoms with E-state index in [4.69, 9.17) is 9.47 Å². The Labute approximate surface area is 178 Å². The molecule has 1 amide bonds. The summed E-state index contributed by atoms with van der Waals surface area (Å²) >= 11 is 0. The number of anilines is 1. The number of likely N-dealkylation sites (tertiary alicyclic amines) is 1. The summed E-state index contributed by atoms with van der Waals surface area (Å²) in [7, 11) is 2.55. The van der Waals surface area contributed by atoms with E-state index in [-0.39, 0.29) is 35.2 Å². The third-order valence-electron chi connectivity index (χ3n) is 4.91. The van der Waals surface area contributed by atoms with Crippen molar-refractivity contribution in [2.75, 3.05) is 39.2 Å². The molecule has 0 aromatic heterocycles. The zero-order valence-corrected chi connectivity index (χ0v) is 17.2. The number of nitro groups is 1. The Morgan fingerprint density at radius 1 is 1.19 bits per heavy atom. The number of hydrogen-bond donors (Lipinski definition) is 1. The lowest BCUT2D eigenvalue weighted by Gasteiger charge is -2.38. The van der Waals surface area contributed by atoms with E-state index in [2.05, 4.69) is 10.1 Å². The van der Waals surface area contributed by atoms with Crippen LogP contribution in [0.2, 0.25) is 0 Å². The van der Waals surface area contributed by atoms with Gasteiger partial charge in [-0.05, 0) is 11.6 Å². The summed E-state index contributed by atoms with van der Waals surface area (Å²) in [4.78, 5) is 36.4. The first kappa shape index (κ1) is 21.9. The van der Waals surface area contributed by atoms with Crippen molar-refractivity contribution in [3.63, 3.8) is 0 Å². The zero-order chi connectivity index (χ0) is 22.4. The Morgan fingerprint density at radius 3 is 2.52 bits per heavy atom. The van der Waals surface area contributed by atoms with Gasteiger partial charge in [0, 0.05) is 31.6 Å². The molecule has 1 aliphatic rings. The van der Waals surface area contributed by atoms with Crippen molar-refractivity contribution in [3.8, 4) is 5.75 Å². The minimum absolute atomic E-state index is 0.0209. The fourth-order valence-electron chi connectivity index (χ4n) is 3.22. The van der Waals surface area contributed by atoms with Crippen LogP contribution in [0.5, 0.6) is 5.75 Å². The maximum Gasteiger partial charge on any atom is 0.410 e. The van der Waals surface area contributed by atoms with Crippen LogP contribution in [-0.2, 0) is 16.1 Å². The van der Waals surface area contributed by atoms with Gasteiger partial charge in [0.15, 0.2) is 5.69 Å². The van der Waals surface area contributed by atoms with E-state index >= 15 is 0 Å². The van der Waals surface area contributed by atoms with Crippen molar-refractivity contribution in [3.05, 3.63) is 63.7 Å². The Bertz CT molecular complexity index is 959. The molecular formula is C21H23N3O7. The summed E-state index contributed by atoms with van der Waals surface area (Å²) in [5.74, 6) is -0.446. The van der Waals surface area contributed by atoms with Gasteiger partial charge in [-0.3, -0.25) is 10.1 Å². The first-order valence-corrected chi connectivity index (χ1v) is 9.57. The molecule has 3 rings (SSSR count). The number of nitrogens with zero attached hydrogens (tertiary/aromatic N) is 2. The van der Waals surface area contributed by atoms with Crippen LogP contribution in [0, 0.1) is 16.0 Å². The molecule has 10 heteroatoms. The van der Waals surface area contributed by atoms with Crippen LogP contribution in [0.25, 0.3) is 0 Å². The van der Waals surface area contributed by atoms with Crippen LogP contribution in [0.4, 0.5) is 16.2 Å². The molecule has 1 fully saturated rings. The standard InChI is InChI=1S/C21H23N3O7/c1-29-18-9-16(20(25)30-2)8-17(24(27)28)19(18)22-10-15-11-23(12-15)21(26)31-13-14-6-4-3-5-7-14/h3-9,15,22H,10-13H2,1-2H3. The summed E-state index contributed by atoms with van der Waals surface area (Å²) in [6.45, 7) is 1.53. The van der Waals surface area contributed by atoms with Crippen molar-refractivity contribution in [1.82, 2.24) is 4.90 Å². The zero-order valence-electron chi connectivity index (χ0n) is 17.2. The van der Waals surface area contributed by atoms with E-state index in [0.717, 1.165) is 11.6 Å². The van der Waals surface area contributed by atoms with Crippen molar-refractivity contribution < 1.29 is 28.7 Å². The summed E-state index contributed by atoms with van der Waals surface area (Å²) < 4.78 is 15.1.